The maximum Gasteiger partial charge on any atom is 0.223 e. The van der Waals surface area contributed by atoms with Crippen molar-refractivity contribution in [2.75, 3.05) is 26.2 Å². The first-order chi connectivity index (χ1) is 6.19. The lowest BCUT2D eigenvalue weighted by Gasteiger charge is -2.15. The van der Waals surface area contributed by atoms with Crippen LogP contribution in [-0.4, -0.2) is 42.2 Å². The summed E-state index contributed by atoms with van der Waals surface area (Å²) in [7, 11) is 0. The molecule has 1 aliphatic heterocycles. The van der Waals surface area contributed by atoms with Gasteiger partial charge in [0.15, 0.2) is 0 Å². The largest absolute Gasteiger partial charge is 0.396 e. The van der Waals surface area contributed by atoms with Gasteiger partial charge >= 0.3 is 0 Å². The average Bonchev–Trinajstić information content (AvgIpc) is 2.47. The molecule has 1 amide bonds. The van der Waals surface area contributed by atoms with E-state index in [0.29, 0.717) is 25.4 Å². The van der Waals surface area contributed by atoms with E-state index in [1.165, 1.54) is 0 Å². The summed E-state index contributed by atoms with van der Waals surface area (Å²) in [4.78, 5) is 13.2. The number of hydrogen-bond donors (Lipinski definition) is 2. The van der Waals surface area contributed by atoms with E-state index >= 15 is 0 Å². The van der Waals surface area contributed by atoms with Crippen molar-refractivity contribution in [2.24, 2.45) is 17.6 Å². The molecule has 2 atom stereocenters. The second-order valence-electron chi connectivity index (χ2n) is 3.76. The van der Waals surface area contributed by atoms with Gasteiger partial charge in [0.2, 0.25) is 5.91 Å². The monoisotopic (exact) mass is 186 g/mol. The predicted octanol–water partition coefficient (Wildman–Crippen LogP) is -0.578. The lowest BCUT2D eigenvalue weighted by molar-refractivity contribution is -0.130. The maximum atomic E-state index is 11.4. The fraction of sp³-hybridized carbons (Fsp3) is 0.889. The van der Waals surface area contributed by atoms with Crippen molar-refractivity contribution in [1.82, 2.24) is 4.90 Å². The van der Waals surface area contributed by atoms with Gasteiger partial charge in [-0.1, -0.05) is 6.92 Å². The summed E-state index contributed by atoms with van der Waals surface area (Å²) in [5, 5.41) is 9.00. The van der Waals surface area contributed by atoms with Crippen molar-refractivity contribution in [1.29, 1.82) is 0 Å². The Morgan fingerprint density at radius 2 is 2.31 bits per heavy atom. The molecule has 1 aliphatic rings. The number of nitrogens with two attached hydrogens (primary N) is 1. The molecule has 76 valence electrons. The Labute approximate surface area is 78.7 Å². The first-order valence-corrected chi connectivity index (χ1v) is 4.77. The van der Waals surface area contributed by atoms with E-state index in [1.54, 1.807) is 4.90 Å². The number of hydrogen-bond acceptors (Lipinski definition) is 3. The van der Waals surface area contributed by atoms with E-state index in [4.69, 9.17) is 10.8 Å². The second-order valence-corrected chi connectivity index (χ2v) is 3.76. The van der Waals surface area contributed by atoms with Gasteiger partial charge in [-0.3, -0.25) is 4.79 Å². The molecule has 4 nitrogen and oxygen atoms in total. The normalized spacial score (nSPS) is 28.1. The Hall–Kier alpha value is -0.610. The van der Waals surface area contributed by atoms with E-state index in [0.717, 1.165) is 6.54 Å². The van der Waals surface area contributed by atoms with Crippen LogP contribution in [0.1, 0.15) is 13.3 Å². The maximum absolute atomic E-state index is 11.4. The third-order valence-corrected chi connectivity index (χ3v) is 2.71. The van der Waals surface area contributed by atoms with Gasteiger partial charge in [-0.25, -0.2) is 0 Å². The summed E-state index contributed by atoms with van der Waals surface area (Å²) >= 11 is 0. The van der Waals surface area contributed by atoms with Crippen LogP contribution in [0.15, 0.2) is 0 Å². The molecule has 1 rings (SSSR count). The van der Waals surface area contributed by atoms with Crippen molar-refractivity contribution in [2.45, 2.75) is 13.3 Å². The molecule has 0 radical (unpaired) electrons. The molecule has 1 saturated heterocycles. The van der Waals surface area contributed by atoms with Crippen LogP contribution in [-0.2, 0) is 4.79 Å². The summed E-state index contributed by atoms with van der Waals surface area (Å²) in [6, 6.07) is 0. The molecule has 1 heterocycles. The Morgan fingerprint density at radius 1 is 1.62 bits per heavy atom. The van der Waals surface area contributed by atoms with Crippen LogP contribution < -0.4 is 5.73 Å². The summed E-state index contributed by atoms with van der Waals surface area (Å²) in [5.74, 6) is 0.777. The number of aliphatic hydroxyl groups is 1. The second kappa shape index (κ2) is 4.58. The van der Waals surface area contributed by atoms with Crippen molar-refractivity contribution in [3.05, 3.63) is 0 Å². The number of carbonyl (C=O) groups excluding carboxylic acids is 1. The molecule has 3 N–H and O–H groups in total. The fourth-order valence-corrected chi connectivity index (χ4v) is 1.76. The molecular formula is C9H18N2O2. The summed E-state index contributed by atoms with van der Waals surface area (Å²) < 4.78 is 0. The van der Waals surface area contributed by atoms with E-state index in [-0.39, 0.29) is 18.4 Å². The van der Waals surface area contributed by atoms with Crippen molar-refractivity contribution in [3.63, 3.8) is 0 Å². The minimum Gasteiger partial charge on any atom is -0.396 e. The molecule has 0 bridgehead atoms. The molecule has 0 aromatic heterocycles. The van der Waals surface area contributed by atoms with Crippen molar-refractivity contribution >= 4 is 5.91 Å². The molecule has 13 heavy (non-hydrogen) atoms. The average molecular weight is 186 g/mol. The lowest BCUT2D eigenvalue weighted by Crippen LogP contribution is -2.30. The van der Waals surface area contributed by atoms with Gasteiger partial charge in [0.25, 0.3) is 0 Å². The Bertz CT molecular complexity index is 184. The van der Waals surface area contributed by atoms with E-state index < -0.39 is 0 Å². The smallest absolute Gasteiger partial charge is 0.223 e. The summed E-state index contributed by atoms with van der Waals surface area (Å²) in [6.45, 7) is 4.11. The minimum atomic E-state index is 0.116. The first kappa shape index (κ1) is 10.5. The first-order valence-electron chi connectivity index (χ1n) is 4.77. The molecular weight excluding hydrogens is 168 g/mol. The summed E-state index contributed by atoms with van der Waals surface area (Å²) in [6.07, 6.45) is 0.421. The van der Waals surface area contributed by atoms with Gasteiger partial charge in [0, 0.05) is 38.6 Å². The van der Waals surface area contributed by atoms with Gasteiger partial charge < -0.3 is 15.7 Å². The highest BCUT2D eigenvalue weighted by atomic mass is 16.3. The van der Waals surface area contributed by atoms with Crippen LogP contribution in [0.4, 0.5) is 0 Å². The third-order valence-electron chi connectivity index (χ3n) is 2.71. The molecule has 4 heteroatoms. The lowest BCUT2D eigenvalue weighted by atomic mass is 10.00. The van der Waals surface area contributed by atoms with Gasteiger partial charge in [0.05, 0.1) is 0 Å². The van der Waals surface area contributed by atoms with Gasteiger partial charge in [-0.2, -0.15) is 0 Å². The Balaban J connectivity index is 2.43. The van der Waals surface area contributed by atoms with E-state index in [9.17, 15) is 4.79 Å². The zero-order chi connectivity index (χ0) is 9.84. The van der Waals surface area contributed by atoms with E-state index in [1.807, 2.05) is 0 Å². The van der Waals surface area contributed by atoms with Crippen LogP contribution in [0.3, 0.4) is 0 Å². The highest BCUT2D eigenvalue weighted by Gasteiger charge is 2.31. The van der Waals surface area contributed by atoms with E-state index in [2.05, 4.69) is 6.92 Å². The zero-order valence-electron chi connectivity index (χ0n) is 8.07. The molecule has 0 saturated carbocycles. The molecule has 0 spiro atoms. The summed E-state index contributed by atoms with van der Waals surface area (Å²) in [5.41, 5.74) is 5.30. The standard InChI is InChI=1S/C9H18N2O2/c1-7-4-11(5-8(7)6-12)9(13)2-3-10/h7-8,12H,2-6,10H2,1H3/t7-,8+/m0/s1. The van der Waals surface area contributed by atoms with Crippen LogP contribution in [0.5, 0.6) is 0 Å². The predicted molar refractivity (Wildman–Crippen MR) is 50.0 cm³/mol. The van der Waals surface area contributed by atoms with Crippen molar-refractivity contribution in [3.8, 4) is 0 Å². The molecule has 1 fully saturated rings. The molecule has 0 unspecified atom stereocenters. The quantitative estimate of drug-likeness (QED) is 0.620. The molecule has 0 aromatic carbocycles. The molecule has 0 aromatic rings. The highest BCUT2D eigenvalue weighted by molar-refractivity contribution is 5.76. The van der Waals surface area contributed by atoms with Crippen molar-refractivity contribution < 1.29 is 9.90 Å². The number of nitrogens with zero attached hydrogens (tertiary/aromatic N) is 1. The number of rotatable bonds is 3. The number of aliphatic hydroxyl groups excluding tert-OH is 1. The number of likely N-dealkylation sites (tertiary alicyclic amines) is 1. The highest BCUT2D eigenvalue weighted by Crippen LogP contribution is 2.22. The number of amides is 1. The van der Waals surface area contributed by atoms with Crippen LogP contribution in [0.25, 0.3) is 0 Å². The minimum absolute atomic E-state index is 0.116. The topological polar surface area (TPSA) is 66.6 Å². The molecule has 0 aliphatic carbocycles. The third kappa shape index (κ3) is 2.42. The van der Waals surface area contributed by atoms with Crippen LogP contribution >= 0.6 is 0 Å². The zero-order valence-corrected chi connectivity index (χ0v) is 8.07. The Morgan fingerprint density at radius 3 is 2.77 bits per heavy atom. The van der Waals surface area contributed by atoms with Crippen LogP contribution in [0, 0.1) is 11.8 Å². The van der Waals surface area contributed by atoms with Gasteiger partial charge in [0.1, 0.15) is 0 Å². The number of carbonyl (C=O) groups is 1. The van der Waals surface area contributed by atoms with Gasteiger partial charge in [-0.15, -0.1) is 0 Å². The van der Waals surface area contributed by atoms with Gasteiger partial charge in [-0.05, 0) is 5.92 Å². The fourth-order valence-electron chi connectivity index (χ4n) is 1.76. The SMILES string of the molecule is C[C@H]1CN(C(=O)CCN)C[C@@H]1CO. The Kier molecular flexibility index (Phi) is 3.69. The van der Waals surface area contributed by atoms with Crippen LogP contribution in [0.2, 0.25) is 0 Å².